The Kier molecular flexibility index (Phi) is 6.36. The third kappa shape index (κ3) is 4.19. The second-order valence-corrected chi connectivity index (χ2v) is 7.79. The summed E-state index contributed by atoms with van der Waals surface area (Å²) in [7, 11) is 0. The summed E-state index contributed by atoms with van der Waals surface area (Å²) in [5, 5.41) is 16.4. The molecular weight excluding hydrogens is 440 g/mol. The summed E-state index contributed by atoms with van der Waals surface area (Å²) in [6, 6.07) is 7.12. The average Bonchev–Trinajstić information content (AvgIpc) is 3.12. The topological polar surface area (TPSA) is 108 Å². The Balaban J connectivity index is 2.07. The number of carbonyl (C=O) groups excluding carboxylic acids is 1. The van der Waals surface area contributed by atoms with Gasteiger partial charge >= 0.3 is 5.69 Å². The lowest BCUT2D eigenvalue weighted by Crippen LogP contribution is -2.33. The second kappa shape index (κ2) is 8.77. The van der Waals surface area contributed by atoms with Gasteiger partial charge in [-0.1, -0.05) is 48.3 Å². The fourth-order valence-electron chi connectivity index (χ4n) is 3.34. The summed E-state index contributed by atoms with van der Waals surface area (Å²) in [5.41, 5.74) is -0.282. The van der Waals surface area contributed by atoms with Crippen LogP contribution in [-0.2, 0) is 11.3 Å². The van der Waals surface area contributed by atoms with E-state index in [9.17, 15) is 19.5 Å². The van der Waals surface area contributed by atoms with E-state index in [4.69, 9.17) is 0 Å². The Morgan fingerprint density at radius 2 is 1.97 bits per heavy atom. The number of halogens is 1. The molecule has 1 aromatic carbocycles. The molecule has 0 fully saturated rings. The van der Waals surface area contributed by atoms with Crippen molar-refractivity contribution in [2.75, 3.05) is 0 Å². The number of benzene rings is 1. The molecule has 0 radical (unpaired) electrons. The van der Waals surface area contributed by atoms with Gasteiger partial charge < -0.3 is 5.11 Å². The van der Waals surface area contributed by atoms with E-state index < -0.39 is 17.1 Å². The van der Waals surface area contributed by atoms with Crippen LogP contribution >= 0.6 is 15.9 Å². The van der Waals surface area contributed by atoms with Gasteiger partial charge in [0.05, 0.1) is 11.8 Å². The van der Waals surface area contributed by atoms with Crippen molar-refractivity contribution in [1.82, 2.24) is 14.6 Å². The predicted molar refractivity (Wildman–Crippen MR) is 113 cm³/mol. The fraction of sp³-hybridized carbons (Fsp3) is 0.400. The van der Waals surface area contributed by atoms with Crippen LogP contribution in [0.2, 0.25) is 0 Å². The number of nitrogens with zero attached hydrogens (tertiary/aromatic N) is 3. The van der Waals surface area contributed by atoms with E-state index in [0.717, 1.165) is 21.0 Å². The Morgan fingerprint density at radius 3 is 2.59 bits per heavy atom. The number of carbonyl (C=O) groups is 1. The number of unbranched alkanes of at least 4 members (excludes halogenated alkanes) is 1. The minimum Gasteiger partial charge on any atom is -0.494 e. The van der Waals surface area contributed by atoms with E-state index in [1.165, 1.54) is 5.01 Å². The van der Waals surface area contributed by atoms with Crippen molar-refractivity contribution in [3.05, 3.63) is 60.7 Å². The fourth-order valence-corrected chi connectivity index (χ4v) is 3.61. The maximum absolute atomic E-state index is 12.5. The van der Waals surface area contributed by atoms with Crippen molar-refractivity contribution in [2.45, 2.75) is 52.1 Å². The number of aromatic amines is 1. The summed E-state index contributed by atoms with van der Waals surface area (Å²) < 4.78 is 2.05. The van der Waals surface area contributed by atoms with Crippen LogP contribution in [0.1, 0.15) is 56.7 Å². The lowest BCUT2D eigenvalue weighted by Gasteiger charge is -2.21. The van der Waals surface area contributed by atoms with Crippen molar-refractivity contribution >= 4 is 27.5 Å². The molecule has 0 saturated heterocycles. The number of rotatable bonds is 6. The lowest BCUT2D eigenvalue weighted by atomic mass is 9.99. The first-order chi connectivity index (χ1) is 13.9. The maximum Gasteiger partial charge on any atom is 0.331 e. The first-order valence-electron chi connectivity index (χ1n) is 9.58. The highest BCUT2D eigenvalue weighted by molar-refractivity contribution is 9.10. The quantitative estimate of drug-likeness (QED) is 0.687. The van der Waals surface area contributed by atoms with Crippen LogP contribution < -0.4 is 11.2 Å². The molecular formula is C20H23BrN4O4. The molecule has 1 amide bonds. The Labute approximate surface area is 176 Å². The molecule has 0 saturated carbocycles. The van der Waals surface area contributed by atoms with Crippen LogP contribution in [0.4, 0.5) is 0 Å². The molecule has 2 aromatic rings. The largest absolute Gasteiger partial charge is 0.494 e. The summed E-state index contributed by atoms with van der Waals surface area (Å²) in [6.07, 6.45) is 2.01. The predicted octanol–water partition coefficient (Wildman–Crippen LogP) is 2.89. The first kappa shape index (κ1) is 21.0. The van der Waals surface area contributed by atoms with E-state index in [0.29, 0.717) is 6.42 Å². The monoisotopic (exact) mass is 462 g/mol. The summed E-state index contributed by atoms with van der Waals surface area (Å²) >= 11 is 3.39. The maximum atomic E-state index is 12.5. The zero-order valence-corrected chi connectivity index (χ0v) is 17.9. The van der Waals surface area contributed by atoms with Crippen molar-refractivity contribution in [1.29, 1.82) is 0 Å². The van der Waals surface area contributed by atoms with Gasteiger partial charge in [0.15, 0.2) is 0 Å². The van der Waals surface area contributed by atoms with Crippen molar-refractivity contribution in [3.8, 4) is 5.88 Å². The van der Waals surface area contributed by atoms with E-state index in [1.807, 2.05) is 31.2 Å². The van der Waals surface area contributed by atoms with Gasteiger partial charge in [-0.2, -0.15) is 5.10 Å². The molecule has 1 atom stereocenters. The normalized spacial score (nSPS) is 16.2. The van der Waals surface area contributed by atoms with Gasteiger partial charge in [-0.15, -0.1) is 0 Å². The van der Waals surface area contributed by atoms with Crippen LogP contribution in [0, 0.1) is 0 Å². The number of hydrogen-bond donors (Lipinski definition) is 2. The molecule has 9 heteroatoms. The van der Waals surface area contributed by atoms with Crippen molar-refractivity contribution in [2.24, 2.45) is 5.10 Å². The van der Waals surface area contributed by atoms with Gasteiger partial charge in [-0.25, -0.2) is 9.80 Å². The second-order valence-electron chi connectivity index (χ2n) is 6.87. The molecule has 1 unspecified atom stereocenters. The van der Waals surface area contributed by atoms with Gasteiger partial charge in [0.25, 0.3) is 5.56 Å². The molecule has 2 heterocycles. The Hall–Kier alpha value is -2.68. The van der Waals surface area contributed by atoms with Crippen LogP contribution in [-0.4, -0.2) is 31.3 Å². The molecule has 0 aliphatic carbocycles. The Morgan fingerprint density at radius 1 is 1.28 bits per heavy atom. The highest BCUT2D eigenvalue weighted by atomic mass is 79.9. The minimum atomic E-state index is -0.709. The molecule has 1 aromatic heterocycles. The Bertz CT molecular complexity index is 1060. The van der Waals surface area contributed by atoms with Crippen LogP contribution in [0.5, 0.6) is 5.88 Å². The zero-order chi connectivity index (χ0) is 21.1. The number of aromatic nitrogens is 2. The third-order valence-electron chi connectivity index (χ3n) is 4.92. The van der Waals surface area contributed by atoms with Crippen LogP contribution in [0.3, 0.4) is 0 Å². The number of hydrazone groups is 1. The first-order valence-corrected chi connectivity index (χ1v) is 10.4. The number of nitrogens with one attached hydrogen (secondary N) is 1. The molecule has 3 rings (SSSR count). The van der Waals surface area contributed by atoms with Gasteiger partial charge in [-0.05, 0) is 24.1 Å². The number of amides is 1. The minimum absolute atomic E-state index is 0.0609. The van der Waals surface area contributed by atoms with E-state index in [1.54, 1.807) is 6.92 Å². The number of hydrogen-bond acceptors (Lipinski definition) is 5. The highest BCUT2D eigenvalue weighted by Crippen LogP contribution is 2.34. The van der Waals surface area contributed by atoms with E-state index in [2.05, 4.69) is 26.0 Å². The lowest BCUT2D eigenvalue weighted by molar-refractivity contribution is -0.132. The third-order valence-corrected chi connectivity index (χ3v) is 5.45. The number of H-pyrrole nitrogens is 1. The number of aromatic hydroxyl groups is 1. The standard InChI is InChI=1S/C20H23BrN4O4/c1-3-5-10-24-19(28)17(18(27)22-20(24)29)14-11-15(25(23-14)16(26)4-2)12-6-8-13(21)9-7-12/h6-9,15,28H,3-5,10-11H2,1-2H3,(H,22,27,29). The SMILES string of the molecule is CCCCn1c(O)c(C2=NN(C(=O)CC)C(c3ccc(Br)cc3)C2)c(=O)[nH]c1=O. The molecule has 2 N–H and O–H groups in total. The smallest absolute Gasteiger partial charge is 0.331 e. The molecule has 154 valence electrons. The van der Waals surface area contributed by atoms with Gasteiger partial charge in [-0.3, -0.25) is 19.1 Å². The van der Waals surface area contributed by atoms with Crippen LogP contribution in [0.25, 0.3) is 0 Å². The zero-order valence-electron chi connectivity index (χ0n) is 16.3. The summed E-state index contributed by atoms with van der Waals surface area (Å²) in [6.45, 7) is 3.99. The highest BCUT2D eigenvalue weighted by Gasteiger charge is 2.35. The van der Waals surface area contributed by atoms with E-state index >= 15 is 0 Å². The molecule has 0 spiro atoms. The molecule has 1 aliphatic heterocycles. The van der Waals surface area contributed by atoms with Gasteiger partial charge in [0, 0.05) is 23.9 Å². The summed E-state index contributed by atoms with van der Waals surface area (Å²) in [4.78, 5) is 39.3. The van der Waals surface area contributed by atoms with Crippen molar-refractivity contribution in [3.63, 3.8) is 0 Å². The van der Waals surface area contributed by atoms with Gasteiger partial charge in [0.1, 0.15) is 5.56 Å². The van der Waals surface area contributed by atoms with Gasteiger partial charge in [0.2, 0.25) is 11.8 Å². The molecule has 29 heavy (non-hydrogen) atoms. The molecule has 8 nitrogen and oxygen atoms in total. The molecule has 1 aliphatic rings. The van der Waals surface area contributed by atoms with E-state index in [-0.39, 0.29) is 42.6 Å². The molecule has 0 bridgehead atoms. The average molecular weight is 463 g/mol. The van der Waals surface area contributed by atoms with Crippen LogP contribution in [0.15, 0.2) is 43.4 Å². The summed E-state index contributed by atoms with van der Waals surface area (Å²) in [5.74, 6) is -0.602. The van der Waals surface area contributed by atoms with Crippen molar-refractivity contribution < 1.29 is 9.90 Å².